The quantitative estimate of drug-likeness (QED) is 0.295. The molecule has 1 aliphatic rings. The Kier molecular flexibility index (Phi) is 7.52. The maximum atomic E-state index is 14.4. The molecule has 10 nitrogen and oxygen atoms in total. The fourth-order valence-electron chi connectivity index (χ4n) is 5.01. The fourth-order valence-corrected chi connectivity index (χ4v) is 5.18. The molecule has 3 amide bonds. The Morgan fingerprint density at radius 3 is 2.51 bits per heavy atom. The monoisotopic (exact) mass is 578 g/mol. The normalized spacial score (nSPS) is 14.3. The summed E-state index contributed by atoms with van der Waals surface area (Å²) < 4.78 is 11.1. The summed E-state index contributed by atoms with van der Waals surface area (Å²) in [5, 5.41) is 2.27. The second kappa shape index (κ2) is 10.9. The van der Waals surface area contributed by atoms with Crippen molar-refractivity contribution in [2.45, 2.75) is 52.2 Å². The first-order chi connectivity index (χ1) is 19.4. The van der Waals surface area contributed by atoms with Crippen molar-refractivity contribution in [1.29, 1.82) is 0 Å². The molecule has 1 unspecified atom stereocenters. The standard InChI is InChI=1S/C30H31ClN4O6/c1-17(21-16-40-23-10-6-5-9-19(21)23)35(33-29(39)41-30(2,3)4)27(37)24-25(28(38)34-13-7-8-14-34)32-22-15-18(31)11-12-20(22)26(24)36/h5-6,9-12,15-17H,7-8,13-14H2,1-4H3,(H,32,36)(H,33,39). The Labute approximate surface area is 241 Å². The average Bonchev–Trinajstić information content (AvgIpc) is 3.60. The molecule has 1 saturated heterocycles. The minimum atomic E-state index is -0.901. The molecule has 3 heterocycles. The molecule has 0 bridgehead atoms. The van der Waals surface area contributed by atoms with Gasteiger partial charge in [-0.25, -0.2) is 15.2 Å². The number of fused-ring (bicyclic) bond motifs is 2. The Morgan fingerprint density at radius 1 is 1.10 bits per heavy atom. The molecule has 1 fully saturated rings. The lowest BCUT2D eigenvalue weighted by Crippen LogP contribution is -2.50. The van der Waals surface area contributed by atoms with Crippen molar-refractivity contribution in [3.05, 3.63) is 80.8 Å². The highest BCUT2D eigenvalue weighted by Gasteiger charge is 2.35. The van der Waals surface area contributed by atoms with Crippen LogP contribution < -0.4 is 10.9 Å². The second-order valence-electron chi connectivity index (χ2n) is 11.0. The van der Waals surface area contributed by atoms with Gasteiger partial charge in [0.2, 0.25) is 5.43 Å². The van der Waals surface area contributed by atoms with Crippen molar-refractivity contribution in [1.82, 2.24) is 20.3 Å². The van der Waals surface area contributed by atoms with E-state index in [0.717, 1.165) is 23.2 Å². The summed E-state index contributed by atoms with van der Waals surface area (Å²) in [6.07, 6.45) is 2.22. The number of halogens is 1. The number of hydrogen-bond acceptors (Lipinski definition) is 6. The summed E-state index contributed by atoms with van der Waals surface area (Å²) in [5.74, 6) is -1.36. The van der Waals surface area contributed by atoms with E-state index in [1.54, 1.807) is 38.7 Å². The van der Waals surface area contributed by atoms with Gasteiger partial charge >= 0.3 is 6.09 Å². The SMILES string of the molecule is CC(c1coc2ccccc12)N(NC(=O)OC(C)(C)C)C(=O)c1c(C(=O)N2CCCC2)[nH]c2cc(Cl)ccc2c1=O. The molecular formula is C30H31ClN4O6. The van der Waals surface area contributed by atoms with E-state index >= 15 is 0 Å². The predicted molar refractivity (Wildman–Crippen MR) is 155 cm³/mol. The first-order valence-corrected chi connectivity index (χ1v) is 13.8. The van der Waals surface area contributed by atoms with Gasteiger partial charge in [-0.1, -0.05) is 29.8 Å². The molecule has 2 aromatic carbocycles. The molecule has 2 N–H and O–H groups in total. The molecule has 1 aliphatic heterocycles. The molecule has 214 valence electrons. The highest BCUT2D eigenvalue weighted by Crippen LogP contribution is 2.31. The van der Waals surface area contributed by atoms with E-state index in [0.29, 0.717) is 34.8 Å². The lowest BCUT2D eigenvalue weighted by atomic mass is 10.0. The number of likely N-dealkylation sites (tertiary alicyclic amines) is 1. The van der Waals surface area contributed by atoms with Crippen molar-refractivity contribution in [2.24, 2.45) is 0 Å². The van der Waals surface area contributed by atoms with Crippen molar-refractivity contribution in [3.8, 4) is 0 Å². The number of hydrazine groups is 1. The molecule has 1 atom stereocenters. The van der Waals surface area contributed by atoms with Gasteiger partial charge in [0.25, 0.3) is 11.8 Å². The van der Waals surface area contributed by atoms with Gasteiger partial charge in [-0.15, -0.1) is 0 Å². The number of benzene rings is 2. The van der Waals surface area contributed by atoms with Crippen LogP contribution in [0, 0.1) is 0 Å². The molecular weight excluding hydrogens is 548 g/mol. The largest absolute Gasteiger partial charge is 0.464 e. The number of carbonyl (C=O) groups excluding carboxylic acids is 3. The lowest BCUT2D eigenvalue weighted by molar-refractivity contribution is 0.0226. The topological polar surface area (TPSA) is 125 Å². The zero-order chi connectivity index (χ0) is 29.5. The molecule has 0 saturated carbocycles. The van der Waals surface area contributed by atoms with Crippen LogP contribution in [-0.2, 0) is 4.74 Å². The number of aromatic amines is 1. The first kappa shape index (κ1) is 28.2. The molecule has 41 heavy (non-hydrogen) atoms. The zero-order valence-electron chi connectivity index (χ0n) is 23.2. The molecule has 5 rings (SSSR count). The van der Waals surface area contributed by atoms with Crippen LogP contribution in [0.3, 0.4) is 0 Å². The van der Waals surface area contributed by atoms with Gasteiger partial charge in [0.15, 0.2) is 0 Å². The highest BCUT2D eigenvalue weighted by molar-refractivity contribution is 6.31. The third-order valence-corrected chi connectivity index (χ3v) is 7.20. The van der Waals surface area contributed by atoms with Crippen LogP contribution in [0.4, 0.5) is 4.79 Å². The predicted octanol–water partition coefficient (Wildman–Crippen LogP) is 5.81. The Bertz CT molecular complexity index is 1710. The lowest BCUT2D eigenvalue weighted by Gasteiger charge is -2.31. The van der Waals surface area contributed by atoms with Crippen LogP contribution in [-0.4, -0.2) is 51.5 Å². The van der Waals surface area contributed by atoms with E-state index < -0.39 is 40.5 Å². The molecule has 0 spiro atoms. The summed E-state index contributed by atoms with van der Waals surface area (Å²) in [5.41, 5.74) is 1.93. The van der Waals surface area contributed by atoms with Crippen LogP contribution in [0.5, 0.6) is 0 Å². The Morgan fingerprint density at radius 2 is 1.80 bits per heavy atom. The van der Waals surface area contributed by atoms with Crippen LogP contribution in [0.15, 0.2) is 57.9 Å². The number of para-hydroxylation sites is 1. The average molecular weight is 579 g/mol. The number of nitrogens with zero attached hydrogens (tertiary/aromatic N) is 2. The molecule has 11 heteroatoms. The van der Waals surface area contributed by atoms with Gasteiger partial charge in [-0.2, -0.15) is 0 Å². The summed E-state index contributed by atoms with van der Waals surface area (Å²) in [7, 11) is 0. The Balaban J connectivity index is 1.67. The molecule has 2 aromatic heterocycles. The van der Waals surface area contributed by atoms with Crippen molar-refractivity contribution >= 4 is 51.4 Å². The maximum Gasteiger partial charge on any atom is 0.426 e. The smallest absolute Gasteiger partial charge is 0.426 e. The number of carbonyl (C=O) groups is 3. The number of amides is 3. The minimum Gasteiger partial charge on any atom is -0.464 e. The number of furan rings is 1. The summed E-state index contributed by atoms with van der Waals surface area (Å²) in [4.78, 5) is 59.6. The number of ether oxygens (including phenoxy) is 1. The van der Waals surface area contributed by atoms with Crippen molar-refractivity contribution < 1.29 is 23.5 Å². The van der Waals surface area contributed by atoms with E-state index in [1.165, 1.54) is 24.5 Å². The van der Waals surface area contributed by atoms with E-state index in [9.17, 15) is 19.2 Å². The highest BCUT2D eigenvalue weighted by atomic mass is 35.5. The van der Waals surface area contributed by atoms with Gasteiger partial charge in [0.1, 0.15) is 22.4 Å². The number of H-pyrrole nitrogens is 1. The van der Waals surface area contributed by atoms with Crippen molar-refractivity contribution in [3.63, 3.8) is 0 Å². The van der Waals surface area contributed by atoms with Gasteiger partial charge in [0.05, 0.1) is 17.8 Å². The van der Waals surface area contributed by atoms with Crippen LogP contribution in [0.2, 0.25) is 5.02 Å². The molecule has 0 aliphatic carbocycles. The number of rotatable bonds is 4. The first-order valence-electron chi connectivity index (χ1n) is 13.4. The number of hydrogen-bond donors (Lipinski definition) is 2. The number of pyridine rings is 1. The van der Waals surface area contributed by atoms with Crippen molar-refractivity contribution in [2.75, 3.05) is 13.1 Å². The van der Waals surface area contributed by atoms with Crippen LogP contribution in [0.25, 0.3) is 21.9 Å². The summed E-state index contributed by atoms with van der Waals surface area (Å²) >= 11 is 6.18. The third kappa shape index (κ3) is 5.65. The van der Waals surface area contributed by atoms with E-state index in [2.05, 4.69) is 10.4 Å². The molecule has 4 aromatic rings. The van der Waals surface area contributed by atoms with Gasteiger partial charge in [-0.05, 0) is 64.8 Å². The van der Waals surface area contributed by atoms with Crippen LogP contribution in [0.1, 0.15) is 73.0 Å². The summed E-state index contributed by atoms with van der Waals surface area (Å²) in [6, 6.07) is 11.0. The van der Waals surface area contributed by atoms with Gasteiger partial charge in [-0.3, -0.25) is 14.4 Å². The number of nitrogens with one attached hydrogen (secondary N) is 2. The van der Waals surface area contributed by atoms with E-state index in [1.807, 2.05) is 18.2 Å². The zero-order valence-corrected chi connectivity index (χ0v) is 24.0. The maximum absolute atomic E-state index is 14.4. The fraction of sp³-hybridized carbons (Fsp3) is 0.333. The van der Waals surface area contributed by atoms with Gasteiger partial charge < -0.3 is 19.0 Å². The minimum absolute atomic E-state index is 0.170. The van der Waals surface area contributed by atoms with E-state index in [-0.39, 0.29) is 11.1 Å². The number of aromatic nitrogens is 1. The van der Waals surface area contributed by atoms with Gasteiger partial charge in [0, 0.05) is 34.4 Å². The Hall–Kier alpha value is -4.31. The second-order valence-corrected chi connectivity index (χ2v) is 11.5. The summed E-state index contributed by atoms with van der Waals surface area (Å²) in [6.45, 7) is 7.76. The van der Waals surface area contributed by atoms with Crippen LogP contribution >= 0.6 is 11.6 Å². The third-order valence-electron chi connectivity index (χ3n) is 6.96. The van der Waals surface area contributed by atoms with E-state index in [4.69, 9.17) is 20.8 Å². The molecule has 0 radical (unpaired) electrons.